The Labute approximate surface area is 249 Å². The van der Waals surface area contributed by atoms with E-state index in [1.807, 2.05) is 0 Å². The number of nitrogens with two attached hydrogens (primary N) is 1. The fraction of sp³-hybridized carbons (Fsp3) is 0.536. The summed E-state index contributed by atoms with van der Waals surface area (Å²) >= 11 is 0. The monoisotopic (exact) mass is 647 g/mol. The summed E-state index contributed by atoms with van der Waals surface area (Å²) in [5, 5.41) is 4.02. The first-order valence-corrected chi connectivity index (χ1v) is 17.0. The van der Waals surface area contributed by atoms with E-state index in [2.05, 4.69) is 9.68 Å². The molecule has 0 unspecified atom stereocenters. The predicted molar refractivity (Wildman–Crippen MR) is 154 cm³/mol. The predicted octanol–water partition coefficient (Wildman–Crippen LogP) is 5.29. The molecule has 2 aromatic rings. The molecule has 2 aliphatic rings. The van der Waals surface area contributed by atoms with Gasteiger partial charge < -0.3 is 20.4 Å². The van der Waals surface area contributed by atoms with Gasteiger partial charge in [-0.15, -0.1) is 0 Å². The van der Waals surface area contributed by atoms with Gasteiger partial charge in [-0.2, -0.15) is 17.5 Å². The van der Waals surface area contributed by atoms with Crippen molar-refractivity contribution in [3.63, 3.8) is 0 Å². The quantitative estimate of drug-likeness (QED) is 0.179. The molecule has 1 heterocycles. The SMILES string of the molecule is CC(=NOCc1ccc(C2CCCCC2)c(C(F)(F)F)c1)c1ccc(S(=O)(=O)N2CCC(N)(COP(=O)(O)O)CC2)cc1. The van der Waals surface area contributed by atoms with Crippen LogP contribution in [0.3, 0.4) is 0 Å². The van der Waals surface area contributed by atoms with Gasteiger partial charge >= 0.3 is 14.0 Å². The van der Waals surface area contributed by atoms with E-state index in [4.69, 9.17) is 20.4 Å². The Kier molecular flexibility index (Phi) is 10.4. The van der Waals surface area contributed by atoms with E-state index in [1.165, 1.54) is 16.4 Å². The van der Waals surface area contributed by atoms with Crippen LogP contribution in [0.4, 0.5) is 13.2 Å². The minimum absolute atomic E-state index is 0.0405. The summed E-state index contributed by atoms with van der Waals surface area (Å²) < 4.78 is 84.6. The molecule has 43 heavy (non-hydrogen) atoms. The molecule has 15 heteroatoms. The molecule has 2 fully saturated rings. The molecule has 0 bridgehead atoms. The molecule has 4 rings (SSSR count). The van der Waals surface area contributed by atoms with Crippen molar-refractivity contribution in [1.82, 2.24) is 4.31 Å². The average molecular weight is 648 g/mol. The van der Waals surface area contributed by atoms with Gasteiger partial charge in [0.2, 0.25) is 10.0 Å². The second-order valence-corrected chi connectivity index (χ2v) is 14.4. The number of oxime groups is 1. The van der Waals surface area contributed by atoms with Crippen molar-refractivity contribution in [3.05, 3.63) is 64.7 Å². The molecule has 238 valence electrons. The molecule has 0 aromatic heterocycles. The van der Waals surface area contributed by atoms with E-state index in [0.29, 0.717) is 22.4 Å². The van der Waals surface area contributed by atoms with Gasteiger partial charge in [0.1, 0.15) is 6.61 Å². The number of rotatable bonds is 10. The highest BCUT2D eigenvalue weighted by Crippen LogP contribution is 2.41. The van der Waals surface area contributed by atoms with Crippen LogP contribution in [0.5, 0.6) is 0 Å². The Morgan fingerprint density at radius 1 is 1.09 bits per heavy atom. The second kappa shape index (κ2) is 13.4. The maximum absolute atomic E-state index is 13.8. The number of piperidine rings is 1. The van der Waals surface area contributed by atoms with Gasteiger partial charge in [0.15, 0.2) is 0 Å². The first-order valence-electron chi connectivity index (χ1n) is 14.0. The minimum Gasteiger partial charge on any atom is -0.391 e. The number of alkyl halides is 3. The third kappa shape index (κ3) is 8.87. The van der Waals surface area contributed by atoms with Gasteiger partial charge in [-0.05, 0) is 73.4 Å². The lowest BCUT2D eigenvalue weighted by molar-refractivity contribution is -0.138. The van der Waals surface area contributed by atoms with Gasteiger partial charge in [-0.25, -0.2) is 13.0 Å². The largest absolute Gasteiger partial charge is 0.469 e. The standard InChI is InChI=1S/C28H37F3N3O7PS/c1-20(33-40-18-21-7-12-25(23-5-3-2-4-6-23)26(17-21)28(29,30)31)22-8-10-24(11-9-22)43(38,39)34-15-13-27(32,14-16-34)19-41-42(35,36)37/h7-12,17,23H,2-6,13-16,18-19,32H2,1H3,(H2,35,36,37). The molecule has 0 atom stereocenters. The normalized spacial score (nSPS) is 19.4. The molecule has 0 amide bonds. The molecule has 0 spiro atoms. The average Bonchev–Trinajstić information content (AvgIpc) is 2.96. The van der Waals surface area contributed by atoms with Gasteiger partial charge in [-0.1, -0.05) is 48.7 Å². The second-order valence-electron chi connectivity index (χ2n) is 11.3. The number of phosphoric acid groups is 1. The van der Waals surface area contributed by atoms with Crippen LogP contribution in [0.2, 0.25) is 0 Å². The molecule has 1 saturated heterocycles. The van der Waals surface area contributed by atoms with Crippen LogP contribution in [0.15, 0.2) is 52.5 Å². The summed E-state index contributed by atoms with van der Waals surface area (Å²) in [6, 6.07) is 10.3. The zero-order valence-corrected chi connectivity index (χ0v) is 25.5. The minimum atomic E-state index is -4.69. The zero-order chi connectivity index (χ0) is 31.5. The van der Waals surface area contributed by atoms with Crippen LogP contribution >= 0.6 is 7.82 Å². The number of halogens is 3. The number of benzene rings is 2. The van der Waals surface area contributed by atoms with Crippen molar-refractivity contribution < 1.29 is 45.3 Å². The van der Waals surface area contributed by atoms with E-state index < -0.39 is 41.7 Å². The van der Waals surface area contributed by atoms with E-state index in [9.17, 15) is 26.2 Å². The summed E-state index contributed by atoms with van der Waals surface area (Å²) in [5.41, 5.74) is 6.12. The lowest BCUT2D eigenvalue weighted by Gasteiger charge is -2.38. The molecular formula is C28H37F3N3O7PS. The highest BCUT2D eigenvalue weighted by atomic mass is 32.2. The lowest BCUT2D eigenvalue weighted by Crippen LogP contribution is -2.54. The Morgan fingerprint density at radius 2 is 1.72 bits per heavy atom. The maximum atomic E-state index is 13.8. The van der Waals surface area contributed by atoms with Crippen LogP contribution < -0.4 is 5.73 Å². The fourth-order valence-electron chi connectivity index (χ4n) is 5.51. The van der Waals surface area contributed by atoms with Gasteiger partial charge in [-0.3, -0.25) is 4.52 Å². The Hall–Kier alpha value is -2.32. The fourth-order valence-corrected chi connectivity index (χ4v) is 7.38. The van der Waals surface area contributed by atoms with Gasteiger partial charge in [0.05, 0.1) is 22.8 Å². The molecule has 4 N–H and O–H groups in total. The first kappa shape index (κ1) is 33.6. The summed E-state index contributed by atoms with van der Waals surface area (Å²) in [5.74, 6) is -0.0911. The summed E-state index contributed by atoms with van der Waals surface area (Å²) in [6.45, 7) is 1.20. The molecule has 1 aliphatic heterocycles. The van der Waals surface area contributed by atoms with Crippen molar-refractivity contribution in [1.29, 1.82) is 0 Å². The van der Waals surface area contributed by atoms with Crippen LogP contribution in [0, 0.1) is 0 Å². The van der Waals surface area contributed by atoms with Crippen LogP contribution in [0.25, 0.3) is 0 Å². The first-order chi connectivity index (χ1) is 20.1. The Balaban J connectivity index is 1.36. The van der Waals surface area contributed by atoms with Crippen molar-refractivity contribution in [2.45, 2.75) is 81.0 Å². The summed E-state index contributed by atoms with van der Waals surface area (Å²) in [4.78, 5) is 23.2. The number of hydrogen-bond donors (Lipinski definition) is 3. The smallest absolute Gasteiger partial charge is 0.391 e. The Morgan fingerprint density at radius 3 is 2.30 bits per heavy atom. The van der Waals surface area contributed by atoms with E-state index in [-0.39, 0.29) is 43.4 Å². The molecule has 1 saturated carbocycles. The van der Waals surface area contributed by atoms with Crippen LogP contribution in [0.1, 0.15) is 80.0 Å². The zero-order valence-electron chi connectivity index (χ0n) is 23.8. The summed E-state index contributed by atoms with van der Waals surface area (Å²) in [6.07, 6.45) is 0.267. The maximum Gasteiger partial charge on any atom is 0.469 e. The topological polar surface area (TPSA) is 152 Å². The van der Waals surface area contributed by atoms with E-state index in [1.54, 1.807) is 31.2 Å². The van der Waals surface area contributed by atoms with Gasteiger partial charge in [0.25, 0.3) is 0 Å². The van der Waals surface area contributed by atoms with E-state index >= 15 is 0 Å². The van der Waals surface area contributed by atoms with Crippen molar-refractivity contribution >= 4 is 23.6 Å². The van der Waals surface area contributed by atoms with Crippen molar-refractivity contribution in [2.24, 2.45) is 10.9 Å². The van der Waals surface area contributed by atoms with Crippen LogP contribution in [-0.4, -0.2) is 53.5 Å². The number of phosphoric ester groups is 1. The number of hydrogen-bond acceptors (Lipinski definition) is 7. The van der Waals surface area contributed by atoms with Gasteiger partial charge in [0, 0.05) is 18.6 Å². The highest BCUT2D eigenvalue weighted by molar-refractivity contribution is 7.89. The number of sulfonamides is 1. The third-order valence-corrected chi connectivity index (χ3v) is 10.4. The summed E-state index contributed by atoms with van der Waals surface area (Å²) in [7, 11) is -8.55. The van der Waals surface area contributed by atoms with E-state index in [0.717, 1.165) is 38.2 Å². The van der Waals surface area contributed by atoms with Crippen molar-refractivity contribution in [3.8, 4) is 0 Å². The third-order valence-electron chi connectivity index (χ3n) is 8.05. The number of nitrogens with zero attached hydrogens (tertiary/aromatic N) is 2. The van der Waals surface area contributed by atoms with Crippen molar-refractivity contribution in [2.75, 3.05) is 19.7 Å². The Bertz CT molecular complexity index is 1450. The lowest BCUT2D eigenvalue weighted by atomic mass is 9.81. The molecule has 0 radical (unpaired) electrons. The molecule has 1 aliphatic carbocycles. The molecular weight excluding hydrogens is 610 g/mol. The molecule has 10 nitrogen and oxygen atoms in total. The highest BCUT2D eigenvalue weighted by Gasteiger charge is 2.38. The molecule has 2 aromatic carbocycles. The van der Waals surface area contributed by atoms with Crippen LogP contribution in [-0.2, 0) is 36.7 Å².